The first-order chi connectivity index (χ1) is 9.81. The molecule has 118 valence electrons. The summed E-state index contributed by atoms with van der Waals surface area (Å²) in [6.07, 6.45) is 4.87. The van der Waals surface area contributed by atoms with Crippen molar-refractivity contribution in [2.45, 2.75) is 33.7 Å². The molecule has 0 aromatic carbocycles. The van der Waals surface area contributed by atoms with E-state index in [1.807, 2.05) is 27.0 Å². The van der Waals surface area contributed by atoms with Crippen LogP contribution < -0.4 is 11.1 Å². The van der Waals surface area contributed by atoms with Gasteiger partial charge in [-0.1, -0.05) is 6.58 Å². The van der Waals surface area contributed by atoms with Crippen molar-refractivity contribution in [3.8, 4) is 0 Å². The molecule has 0 bridgehead atoms. The molecule has 5 nitrogen and oxygen atoms in total. The maximum atomic E-state index is 11.4. The first-order valence-corrected chi connectivity index (χ1v) is 7.93. The number of amidine groups is 1. The van der Waals surface area contributed by atoms with E-state index in [0.717, 1.165) is 10.7 Å². The summed E-state index contributed by atoms with van der Waals surface area (Å²) in [6, 6.07) is 0.0625. The molecule has 0 spiro atoms. The third-order valence-corrected chi connectivity index (χ3v) is 2.92. The van der Waals surface area contributed by atoms with Gasteiger partial charge in [0.25, 0.3) is 0 Å². The molecule has 0 radical (unpaired) electrons. The van der Waals surface area contributed by atoms with E-state index in [1.165, 1.54) is 17.8 Å². The number of esters is 1. The summed E-state index contributed by atoms with van der Waals surface area (Å²) < 4.78 is 4.86. The first kappa shape index (κ1) is 19.3. The zero-order valence-corrected chi connectivity index (χ0v) is 14.2. The van der Waals surface area contributed by atoms with Gasteiger partial charge in [-0.15, -0.1) is 11.8 Å². The van der Waals surface area contributed by atoms with Gasteiger partial charge in [-0.05, 0) is 40.0 Å². The largest absolute Gasteiger partial charge is 0.463 e. The normalized spacial score (nSPS) is 13.3. The third kappa shape index (κ3) is 8.24. The number of carbonyl (C=O) groups is 1. The Balaban J connectivity index is 5.42. The molecule has 0 heterocycles. The number of nitrogens with zero attached hydrogens (tertiary/aromatic N) is 1. The topological polar surface area (TPSA) is 76.7 Å². The third-order valence-electron chi connectivity index (χ3n) is 2.32. The smallest absolute Gasteiger partial charge is 0.330 e. The van der Waals surface area contributed by atoms with Crippen LogP contribution in [-0.4, -0.2) is 30.7 Å². The lowest BCUT2D eigenvalue weighted by Gasteiger charge is -2.12. The second kappa shape index (κ2) is 10.1. The fourth-order valence-corrected chi connectivity index (χ4v) is 1.67. The molecule has 0 rings (SSSR count). The van der Waals surface area contributed by atoms with Crippen LogP contribution in [0.3, 0.4) is 0 Å². The number of nitrogens with two attached hydrogens (primary N) is 1. The van der Waals surface area contributed by atoms with Crippen molar-refractivity contribution in [2.24, 2.45) is 10.7 Å². The van der Waals surface area contributed by atoms with Crippen LogP contribution in [0.2, 0.25) is 0 Å². The SMILES string of the molecule is C=C(NC(C)=C(/C=C/C(=O)OCC)C(N)=NC(C)C)SC. The van der Waals surface area contributed by atoms with Crippen LogP contribution in [0.1, 0.15) is 27.7 Å². The Bertz CT molecular complexity index is 466. The Hall–Kier alpha value is -1.69. The predicted molar refractivity (Wildman–Crippen MR) is 91.0 cm³/mol. The summed E-state index contributed by atoms with van der Waals surface area (Å²) in [5, 5.41) is 3.91. The number of thioether (sulfide) groups is 1. The molecule has 0 aliphatic carbocycles. The van der Waals surface area contributed by atoms with Gasteiger partial charge in [0.2, 0.25) is 0 Å². The number of aliphatic imine (C=N–C) groups is 1. The lowest BCUT2D eigenvalue weighted by atomic mass is 10.1. The van der Waals surface area contributed by atoms with Crippen LogP contribution in [0, 0.1) is 0 Å². The van der Waals surface area contributed by atoms with Crippen LogP contribution >= 0.6 is 11.8 Å². The minimum absolute atomic E-state index is 0.0625. The van der Waals surface area contributed by atoms with E-state index < -0.39 is 5.97 Å². The molecule has 0 aromatic heterocycles. The van der Waals surface area contributed by atoms with Gasteiger partial charge < -0.3 is 15.8 Å². The maximum Gasteiger partial charge on any atom is 0.330 e. The molecule has 0 saturated heterocycles. The number of nitrogens with one attached hydrogen (secondary N) is 1. The van der Waals surface area contributed by atoms with Gasteiger partial charge in [0.05, 0.1) is 11.6 Å². The van der Waals surface area contributed by atoms with Crippen LogP contribution in [0.5, 0.6) is 0 Å². The Morgan fingerprint density at radius 3 is 2.57 bits per heavy atom. The molecule has 21 heavy (non-hydrogen) atoms. The van der Waals surface area contributed by atoms with E-state index in [4.69, 9.17) is 10.5 Å². The Labute approximate surface area is 131 Å². The van der Waals surface area contributed by atoms with E-state index in [2.05, 4.69) is 16.9 Å². The van der Waals surface area contributed by atoms with Gasteiger partial charge in [0.1, 0.15) is 5.84 Å². The van der Waals surface area contributed by atoms with Gasteiger partial charge in [-0.2, -0.15) is 0 Å². The highest BCUT2D eigenvalue weighted by Gasteiger charge is 2.07. The van der Waals surface area contributed by atoms with E-state index in [0.29, 0.717) is 18.0 Å². The molecule has 0 atom stereocenters. The highest BCUT2D eigenvalue weighted by atomic mass is 32.2. The molecule has 0 aliphatic heterocycles. The molecule has 6 heteroatoms. The van der Waals surface area contributed by atoms with Crippen molar-refractivity contribution in [1.82, 2.24) is 5.32 Å². The van der Waals surface area contributed by atoms with Crippen molar-refractivity contribution in [2.75, 3.05) is 12.9 Å². The average molecular weight is 311 g/mol. The fourth-order valence-electron chi connectivity index (χ4n) is 1.42. The molecule has 0 amide bonds. The Morgan fingerprint density at radius 1 is 1.48 bits per heavy atom. The summed E-state index contributed by atoms with van der Waals surface area (Å²) in [4.78, 5) is 15.8. The zero-order chi connectivity index (χ0) is 16.4. The Kier molecular flexibility index (Phi) is 9.28. The molecular formula is C15H25N3O2S. The number of hydrogen-bond donors (Lipinski definition) is 2. The average Bonchev–Trinajstić information content (AvgIpc) is 2.38. The number of allylic oxidation sites excluding steroid dienone is 1. The zero-order valence-electron chi connectivity index (χ0n) is 13.4. The van der Waals surface area contributed by atoms with Gasteiger partial charge >= 0.3 is 5.97 Å². The highest BCUT2D eigenvalue weighted by molar-refractivity contribution is 8.02. The van der Waals surface area contributed by atoms with E-state index >= 15 is 0 Å². The van der Waals surface area contributed by atoms with E-state index in [1.54, 1.807) is 13.0 Å². The van der Waals surface area contributed by atoms with Crippen LogP contribution in [-0.2, 0) is 9.53 Å². The second-order valence-electron chi connectivity index (χ2n) is 4.48. The van der Waals surface area contributed by atoms with Crippen molar-refractivity contribution in [1.29, 1.82) is 0 Å². The summed E-state index contributed by atoms with van der Waals surface area (Å²) in [5.41, 5.74) is 7.43. The summed E-state index contributed by atoms with van der Waals surface area (Å²) in [6.45, 7) is 11.7. The number of ether oxygens (including phenoxy) is 1. The van der Waals surface area contributed by atoms with Crippen LogP contribution in [0.15, 0.2) is 40.0 Å². The minimum atomic E-state index is -0.413. The van der Waals surface area contributed by atoms with Gasteiger partial charge in [-0.25, -0.2) is 4.79 Å². The molecule has 0 aliphatic rings. The minimum Gasteiger partial charge on any atom is -0.463 e. The van der Waals surface area contributed by atoms with Crippen molar-refractivity contribution >= 4 is 23.6 Å². The highest BCUT2D eigenvalue weighted by Crippen LogP contribution is 2.11. The second-order valence-corrected chi connectivity index (χ2v) is 5.39. The van der Waals surface area contributed by atoms with E-state index in [-0.39, 0.29) is 6.04 Å². The molecule has 0 fully saturated rings. The Morgan fingerprint density at radius 2 is 2.10 bits per heavy atom. The number of hydrogen-bond acceptors (Lipinski definition) is 5. The van der Waals surface area contributed by atoms with Gasteiger partial charge in [0, 0.05) is 23.4 Å². The molecular weight excluding hydrogens is 286 g/mol. The number of carbonyl (C=O) groups excluding carboxylic acids is 1. The van der Waals surface area contributed by atoms with Crippen molar-refractivity contribution < 1.29 is 9.53 Å². The fraction of sp³-hybridized carbons (Fsp3) is 0.467. The lowest BCUT2D eigenvalue weighted by molar-refractivity contribution is -0.137. The van der Waals surface area contributed by atoms with Gasteiger partial charge in [-0.3, -0.25) is 4.99 Å². The summed E-state index contributed by atoms with van der Waals surface area (Å²) in [7, 11) is 0. The molecule has 0 saturated carbocycles. The van der Waals surface area contributed by atoms with Crippen molar-refractivity contribution in [3.63, 3.8) is 0 Å². The van der Waals surface area contributed by atoms with Crippen LogP contribution in [0.4, 0.5) is 0 Å². The molecule has 0 aromatic rings. The van der Waals surface area contributed by atoms with Crippen molar-refractivity contribution in [3.05, 3.63) is 35.0 Å². The van der Waals surface area contributed by atoms with Crippen LogP contribution in [0.25, 0.3) is 0 Å². The standard InChI is InChI=1S/C15H25N3O2S/c1-7-20-14(19)9-8-13(15(16)17-10(2)3)11(4)18-12(5)21-6/h8-10,18H,5,7H2,1-4,6H3,(H2,16,17)/b9-8+,13-11?. The quantitative estimate of drug-likeness (QED) is 0.237. The predicted octanol–water partition coefficient (Wildman–Crippen LogP) is 2.57. The van der Waals surface area contributed by atoms with Gasteiger partial charge in [0.15, 0.2) is 0 Å². The monoisotopic (exact) mass is 311 g/mol. The molecule has 3 N–H and O–H groups in total. The maximum absolute atomic E-state index is 11.4. The van der Waals surface area contributed by atoms with E-state index in [9.17, 15) is 4.79 Å². The summed E-state index contributed by atoms with van der Waals surface area (Å²) >= 11 is 1.49. The molecule has 0 unspecified atom stereocenters. The number of rotatable bonds is 8. The first-order valence-electron chi connectivity index (χ1n) is 6.71. The summed E-state index contributed by atoms with van der Waals surface area (Å²) in [5.74, 6) is -0.0479. The lowest BCUT2D eigenvalue weighted by Crippen LogP contribution is -2.21.